The molecule has 0 atom stereocenters. The molecule has 1 fully saturated rings. The summed E-state index contributed by atoms with van der Waals surface area (Å²) in [4.78, 5) is 0.321. The fraction of sp³-hybridized carbons (Fsp3) is 0.727. The lowest BCUT2D eigenvalue weighted by molar-refractivity contribution is 0.423. The van der Waals surface area contributed by atoms with Crippen molar-refractivity contribution in [3.05, 3.63) is 12.4 Å². The maximum absolute atomic E-state index is 12.3. The van der Waals surface area contributed by atoms with Crippen LogP contribution in [0, 0.1) is 0 Å². The molecule has 0 amide bonds. The smallest absolute Gasteiger partial charge is 0.246 e. The SMILES string of the molecule is CCn1cc(S(=O)(=O)N2CCCCCC2)cn1. The molecule has 0 spiro atoms. The highest BCUT2D eigenvalue weighted by molar-refractivity contribution is 7.89. The summed E-state index contributed by atoms with van der Waals surface area (Å²) in [5.74, 6) is 0. The Balaban J connectivity index is 2.22. The highest BCUT2D eigenvalue weighted by atomic mass is 32.2. The number of hydrogen-bond acceptors (Lipinski definition) is 3. The van der Waals surface area contributed by atoms with E-state index in [1.54, 1.807) is 15.2 Å². The van der Waals surface area contributed by atoms with Gasteiger partial charge in [-0.05, 0) is 19.8 Å². The van der Waals surface area contributed by atoms with Crippen LogP contribution in [0.5, 0.6) is 0 Å². The van der Waals surface area contributed by atoms with E-state index in [0.29, 0.717) is 24.5 Å². The lowest BCUT2D eigenvalue weighted by atomic mass is 10.2. The number of sulfonamides is 1. The van der Waals surface area contributed by atoms with Crippen LogP contribution in [-0.2, 0) is 16.6 Å². The highest BCUT2D eigenvalue weighted by Crippen LogP contribution is 2.19. The Bertz CT molecular complexity index is 459. The lowest BCUT2D eigenvalue weighted by Crippen LogP contribution is -2.31. The molecule has 96 valence electrons. The Morgan fingerprint density at radius 1 is 1.24 bits per heavy atom. The standard InChI is InChI=1S/C11H19N3O2S/c1-2-13-10-11(9-12-13)17(15,16)14-7-5-3-4-6-8-14/h9-10H,2-8H2,1H3. The van der Waals surface area contributed by atoms with E-state index in [-0.39, 0.29) is 0 Å². The summed E-state index contributed by atoms with van der Waals surface area (Å²) in [6.07, 6.45) is 7.23. The van der Waals surface area contributed by atoms with Crippen molar-refractivity contribution in [2.24, 2.45) is 0 Å². The van der Waals surface area contributed by atoms with Crippen molar-refractivity contribution in [1.82, 2.24) is 14.1 Å². The molecular formula is C11H19N3O2S. The molecule has 6 heteroatoms. The average molecular weight is 257 g/mol. The van der Waals surface area contributed by atoms with E-state index in [4.69, 9.17) is 0 Å². The van der Waals surface area contributed by atoms with Gasteiger partial charge in [-0.25, -0.2) is 8.42 Å². The first-order chi connectivity index (χ1) is 8.14. The predicted molar refractivity (Wildman–Crippen MR) is 65.1 cm³/mol. The third-order valence-electron chi connectivity index (χ3n) is 3.14. The molecule has 2 rings (SSSR count). The molecule has 0 aromatic carbocycles. The number of aromatic nitrogens is 2. The van der Waals surface area contributed by atoms with Gasteiger partial charge in [-0.15, -0.1) is 0 Å². The van der Waals surface area contributed by atoms with E-state index in [1.807, 2.05) is 6.92 Å². The molecule has 1 saturated heterocycles. The van der Waals surface area contributed by atoms with E-state index >= 15 is 0 Å². The Kier molecular flexibility index (Phi) is 3.83. The minimum Gasteiger partial charge on any atom is -0.272 e. The van der Waals surface area contributed by atoms with Crippen LogP contribution in [0.15, 0.2) is 17.3 Å². The highest BCUT2D eigenvalue weighted by Gasteiger charge is 2.26. The monoisotopic (exact) mass is 257 g/mol. The molecule has 0 bridgehead atoms. The fourth-order valence-corrected chi connectivity index (χ4v) is 3.55. The van der Waals surface area contributed by atoms with Gasteiger partial charge < -0.3 is 0 Å². The first kappa shape index (κ1) is 12.6. The largest absolute Gasteiger partial charge is 0.272 e. The molecular weight excluding hydrogens is 238 g/mol. The molecule has 0 aliphatic carbocycles. The molecule has 1 aliphatic heterocycles. The summed E-state index contributed by atoms with van der Waals surface area (Å²) in [7, 11) is -3.32. The van der Waals surface area contributed by atoms with Gasteiger partial charge in [0.2, 0.25) is 10.0 Å². The van der Waals surface area contributed by atoms with Crippen molar-refractivity contribution in [2.45, 2.75) is 44.0 Å². The Hall–Kier alpha value is -0.880. The number of nitrogens with zero attached hydrogens (tertiary/aromatic N) is 3. The summed E-state index contributed by atoms with van der Waals surface area (Å²) < 4.78 is 27.9. The normalized spacial score (nSPS) is 19.1. The topological polar surface area (TPSA) is 55.2 Å². The van der Waals surface area contributed by atoms with Crippen LogP contribution in [0.1, 0.15) is 32.6 Å². The zero-order valence-electron chi connectivity index (χ0n) is 10.2. The van der Waals surface area contributed by atoms with E-state index in [2.05, 4.69) is 5.10 Å². The molecule has 5 nitrogen and oxygen atoms in total. The van der Waals surface area contributed by atoms with Gasteiger partial charge in [0.1, 0.15) is 4.90 Å². The lowest BCUT2D eigenvalue weighted by Gasteiger charge is -2.18. The number of aryl methyl sites for hydroxylation is 1. The van der Waals surface area contributed by atoms with Gasteiger partial charge in [-0.2, -0.15) is 9.40 Å². The van der Waals surface area contributed by atoms with Crippen molar-refractivity contribution >= 4 is 10.0 Å². The van der Waals surface area contributed by atoms with Crippen LogP contribution in [0.3, 0.4) is 0 Å². The molecule has 1 aliphatic rings. The average Bonchev–Trinajstić information content (AvgIpc) is 2.64. The Morgan fingerprint density at radius 2 is 1.88 bits per heavy atom. The van der Waals surface area contributed by atoms with Crippen LogP contribution in [-0.4, -0.2) is 35.6 Å². The molecule has 0 radical (unpaired) electrons. The van der Waals surface area contributed by atoms with Crippen molar-refractivity contribution < 1.29 is 8.42 Å². The van der Waals surface area contributed by atoms with Crippen molar-refractivity contribution in [3.63, 3.8) is 0 Å². The second kappa shape index (κ2) is 5.18. The molecule has 17 heavy (non-hydrogen) atoms. The molecule has 1 aromatic rings. The summed E-state index contributed by atoms with van der Waals surface area (Å²) in [6, 6.07) is 0. The quantitative estimate of drug-likeness (QED) is 0.824. The van der Waals surface area contributed by atoms with Gasteiger partial charge in [0.05, 0.1) is 6.20 Å². The van der Waals surface area contributed by atoms with E-state index in [9.17, 15) is 8.42 Å². The number of rotatable bonds is 3. The van der Waals surface area contributed by atoms with Gasteiger partial charge in [-0.3, -0.25) is 4.68 Å². The zero-order valence-corrected chi connectivity index (χ0v) is 11.0. The minimum atomic E-state index is -3.32. The Labute approximate surface area is 102 Å². The van der Waals surface area contributed by atoms with E-state index in [0.717, 1.165) is 25.7 Å². The molecule has 0 saturated carbocycles. The predicted octanol–water partition coefficient (Wildman–Crippen LogP) is 1.47. The zero-order chi connectivity index (χ0) is 12.3. The van der Waals surface area contributed by atoms with Gasteiger partial charge in [0.25, 0.3) is 0 Å². The molecule has 0 unspecified atom stereocenters. The van der Waals surface area contributed by atoms with Crippen LogP contribution < -0.4 is 0 Å². The second-order valence-electron chi connectivity index (χ2n) is 4.35. The molecule has 2 heterocycles. The maximum atomic E-state index is 12.3. The van der Waals surface area contributed by atoms with Crippen LogP contribution >= 0.6 is 0 Å². The Morgan fingerprint density at radius 3 is 2.41 bits per heavy atom. The van der Waals surface area contributed by atoms with Gasteiger partial charge in [-0.1, -0.05) is 12.8 Å². The number of hydrogen-bond donors (Lipinski definition) is 0. The second-order valence-corrected chi connectivity index (χ2v) is 6.29. The van der Waals surface area contributed by atoms with E-state index < -0.39 is 10.0 Å². The van der Waals surface area contributed by atoms with E-state index in [1.165, 1.54) is 6.20 Å². The minimum absolute atomic E-state index is 0.321. The van der Waals surface area contributed by atoms with Crippen LogP contribution in [0.2, 0.25) is 0 Å². The summed E-state index contributed by atoms with van der Waals surface area (Å²) >= 11 is 0. The van der Waals surface area contributed by atoms with Gasteiger partial charge in [0, 0.05) is 25.8 Å². The van der Waals surface area contributed by atoms with Gasteiger partial charge in [0.15, 0.2) is 0 Å². The fourth-order valence-electron chi connectivity index (χ4n) is 2.08. The van der Waals surface area contributed by atoms with Crippen LogP contribution in [0.4, 0.5) is 0 Å². The molecule has 0 N–H and O–H groups in total. The van der Waals surface area contributed by atoms with Gasteiger partial charge >= 0.3 is 0 Å². The third kappa shape index (κ3) is 2.69. The van der Waals surface area contributed by atoms with Crippen molar-refractivity contribution in [3.8, 4) is 0 Å². The van der Waals surface area contributed by atoms with Crippen molar-refractivity contribution in [2.75, 3.05) is 13.1 Å². The van der Waals surface area contributed by atoms with Crippen LogP contribution in [0.25, 0.3) is 0 Å². The third-order valence-corrected chi connectivity index (χ3v) is 4.99. The molecule has 1 aromatic heterocycles. The first-order valence-electron chi connectivity index (χ1n) is 6.17. The summed E-state index contributed by atoms with van der Waals surface area (Å²) in [5, 5.41) is 4.03. The maximum Gasteiger partial charge on any atom is 0.246 e. The first-order valence-corrected chi connectivity index (χ1v) is 7.61. The summed E-state index contributed by atoms with van der Waals surface area (Å²) in [6.45, 7) is 3.91. The van der Waals surface area contributed by atoms with Crippen molar-refractivity contribution in [1.29, 1.82) is 0 Å². The summed E-state index contributed by atoms with van der Waals surface area (Å²) in [5.41, 5.74) is 0.